The number of nitrogens with zero attached hydrogens (tertiary/aromatic N) is 1. The molecule has 0 aromatic carbocycles. The van der Waals surface area contributed by atoms with Crippen LogP contribution in [0.3, 0.4) is 0 Å². The Morgan fingerprint density at radius 2 is 1.95 bits per heavy atom. The summed E-state index contributed by atoms with van der Waals surface area (Å²) in [6.45, 7) is 6.06. The minimum absolute atomic E-state index is 0.248. The molecule has 1 atom stereocenters. The highest BCUT2D eigenvalue weighted by atomic mass is 16.1. The van der Waals surface area contributed by atoms with Crippen LogP contribution in [0, 0.1) is 11.3 Å². The monoisotopic (exact) mass is 273 g/mol. The van der Waals surface area contributed by atoms with Crippen molar-refractivity contribution >= 4 is 5.78 Å². The number of pyridine rings is 1. The molecule has 1 aromatic rings. The maximum Gasteiger partial charge on any atom is 0.138 e. The molecule has 1 unspecified atom stereocenters. The van der Waals surface area contributed by atoms with E-state index in [1.807, 2.05) is 39.1 Å². The molecule has 1 aliphatic carbocycles. The molecule has 110 valence electrons. The van der Waals surface area contributed by atoms with Crippen molar-refractivity contribution in [1.82, 2.24) is 4.98 Å². The summed E-state index contributed by atoms with van der Waals surface area (Å²) in [5.74, 6) is 1.30. The third-order valence-electron chi connectivity index (χ3n) is 4.53. The molecule has 2 nitrogen and oxygen atoms in total. The highest BCUT2D eigenvalue weighted by Gasteiger charge is 2.31. The van der Waals surface area contributed by atoms with E-state index in [0.717, 1.165) is 5.69 Å². The molecule has 0 spiro atoms. The molecule has 0 bridgehead atoms. The van der Waals surface area contributed by atoms with E-state index in [-0.39, 0.29) is 5.41 Å². The third-order valence-corrected chi connectivity index (χ3v) is 4.53. The minimum Gasteiger partial charge on any atom is -0.299 e. The van der Waals surface area contributed by atoms with Crippen LogP contribution in [-0.4, -0.2) is 10.8 Å². The van der Waals surface area contributed by atoms with Crippen LogP contribution in [0.15, 0.2) is 24.4 Å². The number of rotatable bonds is 4. The number of ketones is 1. The van der Waals surface area contributed by atoms with E-state index in [1.165, 1.54) is 32.1 Å². The molecular formula is C18H27NO. The lowest BCUT2D eigenvalue weighted by atomic mass is 9.73. The first-order valence-corrected chi connectivity index (χ1v) is 7.92. The highest BCUT2D eigenvalue weighted by Crippen LogP contribution is 2.39. The Hall–Kier alpha value is -1.18. The molecule has 20 heavy (non-hydrogen) atoms. The van der Waals surface area contributed by atoms with Crippen LogP contribution in [-0.2, 0) is 4.79 Å². The molecule has 1 heterocycles. The molecule has 0 N–H and O–H groups in total. The second-order valence-electron chi connectivity index (χ2n) is 7.14. The van der Waals surface area contributed by atoms with E-state index in [1.54, 1.807) is 0 Å². The SMILES string of the molecule is CC(C)(C)C(=O)CC(c1ccccn1)C1CCCCC1. The molecule has 0 saturated heterocycles. The molecule has 2 rings (SSSR count). The van der Waals surface area contributed by atoms with Gasteiger partial charge in [-0.3, -0.25) is 9.78 Å². The van der Waals surface area contributed by atoms with Gasteiger partial charge in [-0.05, 0) is 30.9 Å². The largest absolute Gasteiger partial charge is 0.299 e. The van der Waals surface area contributed by atoms with Gasteiger partial charge in [0.1, 0.15) is 5.78 Å². The lowest BCUT2D eigenvalue weighted by Gasteiger charge is -2.31. The van der Waals surface area contributed by atoms with Crippen molar-refractivity contribution in [2.75, 3.05) is 0 Å². The van der Waals surface area contributed by atoms with Crippen molar-refractivity contribution in [1.29, 1.82) is 0 Å². The Bertz CT molecular complexity index is 426. The third kappa shape index (κ3) is 3.91. The molecule has 1 fully saturated rings. The van der Waals surface area contributed by atoms with E-state index in [2.05, 4.69) is 11.1 Å². The van der Waals surface area contributed by atoms with Gasteiger partial charge < -0.3 is 0 Å². The Morgan fingerprint density at radius 1 is 1.25 bits per heavy atom. The van der Waals surface area contributed by atoms with Crippen LogP contribution < -0.4 is 0 Å². The summed E-state index contributed by atoms with van der Waals surface area (Å²) in [5, 5.41) is 0. The maximum atomic E-state index is 12.5. The summed E-state index contributed by atoms with van der Waals surface area (Å²) < 4.78 is 0. The lowest BCUT2D eigenvalue weighted by molar-refractivity contribution is -0.127. The van der Waals surface area contributed by atoms with Crippen LogP contribution in [0.25, 0.3) is 0 Å². The molecule has 1 aliphatic rings. The normalized spacial score (nSPS) is 18.8. The Morgan fingerprint density at radius 3 is 2.50 bits per heavy atom. The van der Waals surface area contributed by atoms with Gasteiger partial charge in [0.15, 0.2) is 0 Å². The van der Waals surface area contributed by atoms with E-state index >= 15 is 0 Å². The molecule has 1 aromatic heterocycles. The van der Waals surface area contributed by atoms with Gasteiger partial charge in [-0.15, -0.1) is 0 Å². The van der Waals surface area contributed by atoms with Crippen LogP contribution in [0.5, 0.6) is 0 Å². The van der Waals surface area contributed by atoms with E-state index in [4.69, 9.17) is 0 Å². The van der Waals surface area contributed by atoms with Gasteiger partial charge in [-0.25, -0.2) is 0 Å². The van der Waals surface area contributed by atoms with Gasteiger partial charge in [-0.1, -0.05) is 46.1 Å². The molecule has 0 aliphatic heterocycles. The van der Waals surface area contributed by atoms with Crippen molar-refractivity contribution in [2.24, 2.45) is 11.3 Å². The van der Waals surface area contributed by atoms with Gasteiger partial charge >= 0.3 is 0 Å². The topological polar surface area (TPSA) is 30.0 Å². The number of hydrogen-bond acceptors (Lipinski definition) is 2. The van der Waals surface area contributed by atoms with Crippen molar-refractivity contribution < 1.29 is 4.79 Å². The van der Waals surface area contributed by atoms with Gasteiger partial charge in [0.05, 0.1) is 0 Å². The van der Waals surface area contributed by atoms with Crippen molar-refractivity contribution in [2.45, 2.75) is 65.2 Å². The molecule has 0 amide bonds. The second-order valence-corrected chi connectivity index (χ2v) is 7.14. The fraction of sp³-hybridized carbons (Fsp3) is 0.667. The second kappa shape index (κ2) is 6.51. The maximum absolute atomic E-state index is 12.5. The van der Waals surface area contributed by atoms with Crippen LogP contribution in [0.1, 0.15) is 70.9 Å². The Kier molecular flexibility index (Phi) is 4.95. The average Bonchev–Trinajstić information content (AvgIpc) is 2.45. The first-order chi connectivity index (χ1) is 9.48. The Labute approximate surface area is 123 Å². The van der Waals surface area contributed by atoms with Crippen LogP contribution in [0.4, 0.5) is 0 Å². The standard InChI is InChI=1S/C18H27NO/c1-18(2,3)17(20)13-15(14-9-5-4-6-10-14)16-11-7-8-12-19-16/h7-8,11-12,14-15H,4-6,9-10,13H2,1-3H3. The van der Waals surface area contributed by atoms with E-state index in [9.17, 15) is 4.79 Å². The average molecular weight is 273 g/mol. The molecule has 1 saturated carbocycles. The summed E-state index contributed by atoms with van der Waals surface area (Å²) in [6, 6.07) is 6.09. The predicted octanol–water partition coefficient (Wildman–Crippen LogP) is 4.75. The van der Waals surface area contributed by atoms with Crippen LogP contribution >= 0.6 is 0 Å². The van der Waals surface area contributed by atoms with Gasteiger partial charge in [0.2, 0.25) is 0 Å². The summed E-state index contributed by atoms with van der Waals surface area (Å²) in [5.41, 5.74) is 0.860. The van der Waals surface area contributed by atoms with Crippen molar-refractivity contribution in [3.63, 3.8) is 0 Å². The molecule has 2 heteroatoms. The Balaban J connectivity index is 2.18. The quantitative estimate of drug-likeness (QED) is 0.792. The zero-order valence-electron chi connectivity index (χ0n) is 13.1. The number of carbonyl (C=O) groups excluding carboxylic acids is 1. The summed E-state index contributed by atoms with van der Waals surface area (Å²) in [4.78, 5) is 17.0. The number of aromatic nitrogens is 1. The summed E-state index contributed by atoms with van der Waals surface area (Å²) in [7, 11) is 0. The summed E-state index contributed by atoms with van der Waals surface area (Å²) in [6.07, 6.45) is 8.95. The first kappa shape index (κ1) is 15.2. The van der Waals surface area contributed by atoms with E-state index in [0.29, 0.717) is 24.0 Å². The fourth-order valence-electron chi connectivity index (χ4n) is 3.15. The van der Waals surface area contributed by atoms with Crippen LogP contribution in [0.2, 0.25) is 0 Å². The summed E-state index contributed by atoms with van der Waals surface area (Å²) >= 11 is 0. The first-order valence-electron chi connectivity index (χ1n) is 7.92. The number of hydrogen-bond donors (Lipinski definition) is 0. The van der Waals surface area contributed by atoms with Gasteiger partial charge in [0, 0.05) is 29.6 Å². The van der Waals surface area contributed by atoms with Crippen molar-refractivity contribution in [3.8, 4) is 0 Å². The van der Waals surface area contributed by atoms with Crippen molar-refractivity contribution in [3.05, 3.63) is 30.1 Å². The van der Waals surface area contributed by atoms with Gasteiger partial charge in [0.25, 0.3) is 0 Å². The zero-order chi connectivity index (χ0) is 14.6. The smallest absolute Gasteiger partial charge is 0.138 e. The zero-order valence-corrected chi connectivity index (χ0v) is 13.1. The minimum atomic E-state index is -0.248. The predicted molar refractivity (Wildman–Crippen MR) is 82.6 cm³/mol. The molecule has 0 radical (unpaired) electrons. The van der Waals surface area contributed by atoms with Gasteiger partial charge in [-0.2, -0.15) is 0 Å². The highest BCUT2D eigenvalue weighted by molar-refractivity contribution is 5.84. The number of carbonyl (C=O) groups is 1. The number of Topliss-reactive ketones (excluding diaryl/α,β-unsaturated/α-hetero) is 1. The fourth-order valence-corrected chi connectivity index (χ4v) is 3.15. The lowest BCUT2D eigenvalue weighted by Crippen LogP contribution is -2.26. The van der Waals surface area contributed by atoms with E-state index < -0.39 is 0 Å². The molecular weight excluding hydrogens is 246 g/mol.